The minimum atomic E-state index is -0.341. The number of nitrogens with one attached hydrogen (secondary N) is 1. The molecule has 0 aliphatic carbocycles. The number of aliphatic hydroxyl groups excluding tert-OH is 1. The summed E-state index contributed by atoms with van der Waals surface area (Å²) in [5, 5.41) is 19.6. The Balaban J connectivity index is 1.62. The predicted molar refractivity (Wildman–Crippen MR) is 101 cm³/mol. The molecule has 2 aromatic heterocycles. The monoisotopic (exact) mass is 384 g/mol. The number of amides is 1. The summed E-state index contributed by atoms with van der Waals surface area (Å²) in [4.78, 5) is 16.2. The van der Waals surface area contributed by atoms with Crippen molar-refractivity contribution in [2.75, 3.05) is 0 Å². The van der Waals surface area contributed by atoms with E-state index in [0.29, 0.717) is 22.8 Å². The molecule has 0 saturated heterocycles. The highest BCUT2D eigenvalue weighted by Crippen LogP contribution is 2.23. The third kappa shape index (κ3) is 4.99. The second kappa shape index (κ2) is 8.57. The fraction of sp³-hybridized carbons (Fsp3) is 0.158. The summed E-state index contributed by atoms with van der Waals surface area (Å²) in [6.07, 6.45) is 4.41. The summed E-state index contributed by atoms with van der Waals surface area (Å²) in [7, 11) is 0. The smallest absolute Gasteiger partial charge is 0.249 e. The molecule has 8 heteroatoms. The van der Waals surface area contributed by atoms with Crippen molar-refractivity contribution in [3.05, 3.63) is 70.3 Å². The maximum Gasteiger partial charge on any atom is 0.249 e. The zero-order valence-electron chi connectivity index (χ0n) is 14.5. The lowest BCUT2D eigenvalue weighted by Crippen LogP contribution is -2.20. The maximum atomic E-state index is 12.0. The van der Waals surface area contributed by atoms with Gasteiger partial charge >= 0.3 is 0 Å². The van der Waals surface area contributed by atoms with E-state index in [-0.39, 0.29) is 24.3 Å². The van der Waals surface area contributed by atoms with Crippen LogP contribution in [-0.2, 0) is 17.9 Å². The third-order valence-electron chi connectivity index (χ3n) is 3.70. The first-order valence-electron chi connectivity index (χ1n) is 8.16. The fourth-order valence-electron chi connectivity index (χ4n) is 2.23. The molecule has 2 N–H and O–H groups in total. The van der Waals surface area contributed by atoms with Gasteiger partial charge in [0.25, 0.3) is 0 Å². The highest BCUT2D eigenvalue weighted by molar-refractivity contribution is 6.32. The van der Waals surface area contributed by atoms with Gasteiger partial charge in [0.1, 0.15) is 6.61 Å². The number of aromatic nitrogens is 3. The molecular formula is C19H17ClN4O3. The van der Waals surface area contributed by atoms with Crippen molar-refractivity contribution in [1.29, 1.82) is 0 Å². The zero-order valence-corrected chi connectivity index (χ0v) is 15.3. The summed E-state index contributed by atoms with van der Waals surface area (Å²) in [5.74, 6) is 0.0668. The first kappa shape index (κ1) is 18.8. The van der Waals surface area contributed by atoms with Crippen LogP contribution >= 0.6 is 11.6 Å². The van der Waals surface area contributed by atoms with E-state index in [1.807, 2.05) is 31.2 Å². The average molecular weight is 385 g/mol. The van der Waals surface area contributed by atoms with E-state index in [2.05, 4.69) is 20.5 Å². The molecule has 0 bridgehead atoms. The third-order valence-corrected chi connectivity index (χ3v) is 4.00. The van der Waals surface area contributed by atoms with E-state index < -0.39 is 0 Å². The van der Waals surface area contributed by atoms with E-state index in [4.69, 9.17) is 21.1 Å². The van der Waals surface area contributed by atoms with Crippen LogP contribution in [0.15, 0.2) is 47.0 Å². The molecule has 1 aromatic carbocycles. The second-order valence-corrected chi connectivity index (χ2v) is 6.19. The van der Waals surface area contributed by atoms with E-state index in [1.165, 1.54) is 23.9 Å². The average Bonchev–Trinajstić information content (AvgIpc) is 3.16. The van der Waals surface area contributed by atoms with Crippen molar-refractivity contribution in [2.45, 2.75) is 20.1 Å². The summed E-state index contributed by atoms with van der Waals surface area (Å²) >= 11 is 6.21. The van der Waals surface area contributed by atoms with Gasteiger partial charge in [-0.25, -0.2) is 0 Å². The number of carbonyl (C=O) groups excluding carboxylic acids is 1. The molecular weight excluding hydrogens is 368 g/mol. The quantitative estimate of drug-likeness (QED) is 0.634. The van der Waals surface area contributed by atoms with Gasteiger partial charge in [-0.2, -0.15) is 0 Å². The molecule has 2 heterocycles. The molecule has 0 unspecified atom stereocenters. The minimum absolute atomic E-state index is 0.107. The first-order valence-corrected chi connectivity index (χ1v) is 8.53. The van der Waals surface area contributed by atoms with Gasteiger partial charge in [-0.3, -0.25) is 9.78 Å². The van der Waals surface area contributed by atoms with Gasteiger partial charge in [-0.1, -0.05) is 41.4 Å². The van der Waals surface area contributed by atoms with Crippen LogP contribution in [0.3, 0.4) is 0 Å². The topological polar surface area (TPSA) is 101 Å². The number of hydrogen-bond donors (Lipinski definition) is 2. The van der Waals surface area contributed by atoms with Crippen molar-refractivity contribution in [3.63, 3.8) is 0 Å². The molecule has 3 rings (SSSR count). The number of benzene rings is 1. The molecule has 0 radical (unpaired) electrons. The summed E-state index contributed by atoms with van der Waals surface area (Å²) in [5.41, 5.74) is 3.15. The summed E-state index contributed by atoms with van der Waals surface area (Å²) in [6.45, 7) is 2.11. The highest BCUT2D eigenvalue weighted by Gasteiger charge is 2.10. The van der Waals surface area contributed by atoms with Gasteiger partial charge in [-0.15, -0.1) is 10.2 Å². The molecule has 1 amide bonds. The van der Waals surface area contributed by atoms with Crippen LogP contribution in [0.4, 0.5) is 0 Å². The van der Waals surface area contributed by atoms with Crippen molar-refractivity contribution in [3.8, 4) is 11.5 Å². The Hall–Kier alpha value is -3.03. The van der Waals surface area contributed by atoms with Crippen LogP contribution in [0.25, 0.3) is 17.5 Å². The number of aliphatic hydroxyl groups is 1. The molecule has 0 fully saturated rings. The Morgan fingerprint density at radius 1 is 1.30 bits per heavy atom. The van der Waals surface area contributed by atoms with Crippen LogP contribution in [0.5, 0.6) is 0 Å². The van der Waals surface area contributed by atoms with Crippen LogP contribution in [0.2, 0.25) is 5.02 Å². The molecule has 0 atom stereocenters. The van der Waals surface area contributed by atoms with Gasteiger partial charge in [0.2, 0.25) is 17.7 Å². The van der Waals surface area contributed by atoms with Crippen LogP contribution in [0, 0.1) is 6.92 Å². The van der Waals surface area contributed by atoms with Crippen LogP contribution in [-0.4, -0.2) is 26.2 Å². The Morgan fingerprint density at radius 2 is 2.07 bits per heavy atom. The largest absolute Gasteiger partial charge is 0.418 e. The van der Waals surface area contributed by atoms with Crippen LogP contribution in [0.1, 0.15) is 22.7 Å². The Bertz CT molecular complexity index is 967. The molecule has 3 aromatic rings. The highest BCUT2D eigenvalue weighted by atomic mass is 35.5. The minimum Gasteiger partial charge on any atom is -0.418 e. The number of aryl methyl sites for hydroxylation is 1. The molecule has 0 spiro atoms. The van der Waals surface area contributed by atoms with Crippen LogP contribution < -0.4 is 5.32 Å². The Kier molecular flexibility index (Phi) is 5.95. The summed E-state index contributed by atoms with van der Waals surface area (Å²) < 4.78 is 5.24. The van der Waals surface area contributed by atoms with E-state index in [0.717, 1.165) is 5.56 Å². The number of pyridine rings is 1. The zero-order chi connectivity index (χ0) is 19.2. The number of halogens is 1. The normalized spacial score (nSPS) is 11.1. The van der Waals surface area contributed by atoms with Crippen molar-refractivity contribution in [1.82, 2.24) is 20.5 Å². The standard InChI is InChI=1S/C19H17ClN4O3/c1-12-2-4-13(5-3-12)9-22-17(26)7-6-16-15(20)8-14(10-21-16)19-24-23-18(11-25)27-19/h2-8,10,25H,9,11H2,1H3,(H,22,26)/b7-6+. The van der Waals surface area contributed by atoms with E-state index in [1.54, 1.807) is 6.07 Å². The van der Waals surface area contributed by atoms with E-state index >= 15 is 0 Å². The van der Waals surface area contributed by atoms with Crippen molar-refractivity contribution in [2.24, 2.45) is 0 Å². The van der Waals surface area contributed by atoms with Crippen molar-refractivity contribution < 1.29 is 14.3 Å². The second-order valence-electron chi connectivity index (χ2n) is 5.79. The number of rotatable bonds is 6. The van der Waals surface area contributed by atoms with Gasteiger partial charge in [0, 0.05) is 18.8 Å². The van der Waals surface area contributed by atoms with Crippen molar-refractivity contribution >= 4 is 23.6 Å². The molecule has 138 valence electrons. The lowest BCUT2D eigenvalue weighted by Gasteiger charge is -2.03. The lowest BCUT2D eigenvalue weighted by atomic mass is 10.1. The number of nitrogens with zero attached hydrogens (tertiary/aromatic N) is 3. The van der Waals surface area contributed by atoms with Gasteiger partial charge in [0.15, 0.2) is 0 Å². The predicted octanol–water partition coefficient (Wildman–Crippen LogP) is 2.92. The number of carbonyl (C=O) groups is 1. The van der Waals surface area contributed by atoms with Gasteiger partial charge in [0.05, 0.1) is 16.3 Å². The molecule has 0 saturated carbocycles. The van der Waals surface area contributed by atoms with Gasteiger partial charge in [-0.05, 0) is 24.6 Å². The van der Waals surface area contributed by atoms with E-state index in [9.17, 15) is 4.79 Å². The maximum absolute atomic E-state index is 12.0. The fourth-order valence-corrected chi connectivity index (χ4v) is 2.46. The van der Waals surface area contributed by atoms with Gasteiger partial charge < -0.3 is 14.8 Å². The summed E-state index contributed by atoms with van der Waals surface area (Å²) in [6, 6.07) is 9.53. The molecule has 0 aliphatic rings. The Labute approximate surface area is 160 Å². The molecule has 7 nitrogen and oxygen atoms in total. The number of hydrogen-bond acceptors (Lipinski definition) is 6. The lowest BCUT2D eigenvalue weighted by molar-refractivity contribution is -0.116. The molecule has 27 heavy (non-hydrogen) atoms. The SMILES string of the molecule is Cc1ccc(CNC(=O)/C=C/c2ncc(-c3nnc(CO)o3)cc2Cl)cc1. The first-order chi connectivity index (χ1) is 13.0. The Morgan fingerprint density at radius 3 is 2.74 bits per heavy atom. The molecule has 0 aliphatic heterocycles.